The highest BCUT2D eigenvalue weighted by molar-refractivity contribution is 6.32. The van der Waals surface area contributed by atoms with Gasteiger partial charge < -0.3 is 20.1 Å². The van der Waals surface area contributed by atoms with Crippen molar-refractivity contribution in [2.24, 2.45) is 5.73 Å². The number of ether oxygens (including phenoxy) is 2. The van der Waals surface area contributed by atoms with E-state index in [9.17, 15) is 0 Å². The molecule has 1 aliphatic rings. The maximum atomic E-state index is 6.03. The fourth-order valence-corrected chi connectivity index (χ4v) is 1.98. The summed E-state index contributed by atoms with van der Waals surface area (Å²) in [5, 5.41) is 0.550. The summed E-state index contributed by atoms with van der Waals surface area (Å²) in [6, 6.07) is 4.05. The largest absolute Gasteiger partial charge is 0.495 e. The molecule has 5 heteroatoms. The number of hydrogen-bond acceptors (Lipinski definition) is 4. The number of nitrogens with two attached hydrogens (primary N) is 1. The average molecular weight is 243 g/mol. The molecule has 0 spiro atoms. The van der Waals surface area contributed by atoms with E-state index in [2.05, 4.69) is 4.90 Å². The molecule has 88 valence electrons. The molecule has 0 aliphatic carbocycles. The number of rotatable bonds is 4. The van der Waals surface area contributed by atoms with Gasteiger partial charge in [0, 0.05) is 25.2 Å². The highest BCUT2D eigenvalue weighted by Crippen LogP contribution is 2.41. The van der Waals surface area contributed by atoms with Crippen molar-refractivity contribution in [3.8, 4) is 11.5 Å². The van der Waals surface area contributed by atoms with Crippen LogP contribution in [0.25, 0.3) is 0 Å². The van der Waals surface area contributed by atoms with Crippen LogP contribution in [0.5, 0.6) is 11.5 Å². The fourth-order valence-electron chi connectivity index (χ4n) is 1.75. The van der Waals surface area contributed by atoms with Crippen LogP contribution in [-0.2, 0) is 0 Å². The van der Waals surface area contributed by atoms with Crippen molar-refractivity contribution in [2.45, 2.75) is 6.04 Å². The molecule has 1 fully saturated rings. The van der Waals surface area contributed by atoms with Crippen LogP contribution in [0.4, 0.5) is 5.69 Å². The molecule has 0 saturated carbocycles. The minimum Gasteiger partial charge on any atom is -0.495 e. The predicted octanol–water partition coefficient (Wildman–Crippen LogP) is 1.50. The van der Waals surface area contributed by atoms with Crippen molar-refractivity contribution >= 4 is 17.3 Å². The summed E-state index contributed by atoms with van der Waals surface area (Å²) in [7, 11) is 3.22. The lowest BCUT2D eigenvalue weighted by atomic mass is 10.2. The van der Waals surface area contributed by atoms with Gasteiger partial charge in [-0.2, -0.15) is 0 Å². The molecule has 0 amide bonds. The first-order valence-corrected chi connectivity index (χ1v) is 5.47. The SMILES string of the molecule is COc1cc(N2CC2CN)c(OC)cc1Cl. The Morgan fingerprint density at radius 1 is 1.38 bits per heavy atom. The molecule has 0 radical (unpaired) electrons. The summed E-state index contributed by atoms with van der Waals surface area (Å²) in [6.07, 6.45) is 0. The first-order chi connectivity index (χ1) is 7.71. The van der Waals surface area contributed by atoms with Crippen LogP contribution < -0.4 is 20.1 Å². The number of benzene rings is 1. The third kappa shape index (κ3) is 1.90. The van der Waals surface area contributed by atoms with Gasteiger partial charge >= 0.3 is 0 Å². The number of hydrogen-bond donors (Lipinski definition) is 1. The maximum Gasteiger partial charge on any atom is 0.143 e. The van der Waals surface area contributed by atoms with Crippen LogP contribution in [0.1, 0.15) is 0 Å². The Hall–Kier alpha value is -1.13. The number of nitrogens with zero attached hydrogens (tertiary/aromatic N) is 1. The Labute approximate surface area is 99.9 Å². The van der Waals surface area contributed by atoms with E-state index in [0.29, 0.717) is 23.4 Å². The second-order valence-electron chi connectivity index (χ2n) is 3.70. The molecule has 0 bridgehead atoms. The van der Waals surface area contributed by atoms with Gasteiger partial charge in [0.15, 0.2) is 0 Å². The van der Waals surface area contributed by atoms with Gasteiger partial charge in [-0.3, -0.25) is 0 Å². The lowest BCUT2D eigenvalue weighted by Crippen LogP contribution is -2.12. The van der Waals surface area contributed by atoms with Gasteiger partial charge in [0.05, 0.1) is 31.0 Å². The van der Waals surface area contributed by atoms with Crippen molar-refractivity contribution in [2.75, 3.05) is 32.2 Å². The third-order valence-corrected chi connectivity index (χ3v) is 3.04. The van der Waals surface area contributed by atoms with Gasteiger partial charge in [0.25, 0.3) is 0 Å². The van der Waals surface area contributed by atoms with Gasteiger partial charge in [-0.05, 0) is 0 Å². The molecule has 4 nitrogen and oxygen atoms in total. The Kier molecular flexibility index (Phi) is 3.12. The van der Waals surface area contributed by atoms with Crippen molar-refractivity contribution in [3.05, 3.63) is 17.2 Å². The summed E-state index contributed by atoms with van der Waals surface area (Å²) in [6.45, 7) is 1.60. The zero-order valence-electron chi connectivity index (χ0n) is 9.37. The molecule has 1 aromatic rings. The van der Waals surface area contributed by atoms with E-state index in [0.717, 1.165) is 18.0 Å². The van der Waals surface area contributed by atoms with Gasteiger partial charge in [0.1, 0.15) is 11.5 Å². The standard InChI is InChI=1S/C11H15ClN2O2/c1-15-10-4-9(14-6-7(14)5-13)11(16-2)3-8(10)12/h3-4,7H,5-6,13H2,1-2H3. The zero-order chi connectivity index (χ0) is 11.7. The van der Waals surface area contributed by atoms with Crippen LogP contribution >= 0.6 is 11.6 Å². The van der Waals surface area contributed by atoms with Gasteiger partial charge in [0.2, 0.25) is 0 Å². The average Bonchev–Trinajstić information content (AvgIpc) is 3.07. The van der Waals surface area contributed by atoms with E-state index in [1.807, 2.05) is 6.07 Å². The number of halogens is 1. The predicted molar refractivity (Wildman–Crippen MR) is 64.7 cm³/mol. The molecule has 2 N–H and O–H groups in total. The van der Waals surface area contributed by atoms with Crippen molar-refractivity contribution in [1.82, 2.24) is 0 Å². The molecule has 1 unspecified atom stereocenters. The van der Waals surface area contributed by atoms with E-state index < -0.39 is 0 Å². The molecule has 16 heavy (non-hydrogen) atoms. The molecule has 1 saturated heterocycles. The quantitative estimate of drug-likeness (QED) is 0.813. The second-order valence-corrected chi connectivity index (χ2v) is 4.11. The summed E-state index contributed by atoms with van der Waals surface area (Å²) in [5.41, 5.74) is 6.60. The van der Waals surface area contributed by atoms with Crippen LogP contribution in [0.2, 0.25) is 5.02 Å². The van der Waals surface area contributed by atoms with Crippen molar-refractivity contribution < 1.29 is 9.47 Å². The molecule has 1 heterocycles. The van der Waals surface area contributed by atoms with Crippen molar-refractivity contribution in [3.63, 3.8) is 0 Å². The van der Waals surface area contributed by atoms with E-state index in [1.165, 1.54) is 0 Å². The molecule has 0 aromatic heterocycles. The lowest BCUT2D eigenvalue weighted by molar-refractivity contribution is 0.404. The monoisotopic (exact) mass is 242 g/mol. The minimum absolute atomic E-state index is 0.403. The summed E-state index contributed by atoms with van der Waals surface area (Å²) >= 11 is 6.03. The Morgan fingerprint density at radius 3 is 2.56 bits per heavy atom. The molecule has 1 atom stereocenters. The summed E-state index contributed by atoms with van der Waals surface area (Å²) in [4.78, 5) is 2.16. The summed E-state index contributed by atoms with van der Waals surface area (Å²) in [5.74, 6) is 1.40. The van der Waals surface area contributed by atoms with E-state index in [1.54, 1.807) is 20.3 Å². The lowest BCUT2D eigenvalue weighted by Gasteiger charge is -2.13. The van der Waals surface area contributed by atoms with E-state index >= 15 is 0 Å². The number of anilines is 1. The number of methoxy groups -OCH3 is 2. The van der Waals surface area contributed by atoms with Crippen LogP contribution in [-0.4, -0.2) is 33.4 Å². The second kappa shape index (κ2) is 4.39. The Balaban J connectivity index is 2.35. The van der Waals surface area contributed by atoms with Gasteiger partial charge in [-0.1, -0.05) is 11.6 Å². The highest BCUT2D eigenvalue weighted by Gasteiger charge is 2.35. The van der Waals surface area contributed by atoms with E-state index in [4.69, 9.17) is 26.8 Å². The topological polar surface area (TPSA) is 47.5 Å². The summed E-state index contributed by atoms with van der Waals surface area (Å²) < 4.78 is 10.5. The third-order valence-electron chi connectivity index (χ3n) is 2.75. The van der Waals surface area contributed by atoms with Crippen LogP contribution in [0, 0.1) is 0 Å². The molecule has 2 rings (SSSR count). The van der Waals surface area contributed by atoms with Gasteiger partial charge in [-0.25, -0.2) is 0 Å². The van der Waals surface area contributed by atoms with Crippen LogP contribution in [0.15, 0.2) is 12.1 Å². The smallest absolute Gasteiger partial charge is 0.143 e. The Bertz CT molecular complexity index is 398. The first-order valence-electron chi connectivity index (χ1n) is 5.09. The molecule has 1 aliphatic heterocycles. The molecular formula is C11H15ClN2O2. The zero-order valence-corrected chi connectivity index (χ0v) is 10.1. The van der Waals surface area contributed by atoms with Gasteiger partial charge in [-0.15, -0.1) is 0 Å². The molecular weight excluding hydrogens is 228 g/mol. The normalized spacial score (nSPS) is 18.5. The van der Waals surface area contributed by atoms with E-state index in [-0.39, 0.29) is 0 Å². The fraction of sp³-hybridized carbons (Fsp3) is 0.455. The van der Waals surface area contributed by atoms with Crippen LogP contribution in [0.3, 0.4) is 0 Å². The van der Waals surface area contributed by atoms with Crippen molar-refractivity contribution in [1.29, 1.82) is 0 Å². The highest BCUT2D eigenvalue weighted by atomic mass is 35.5. The minimum atomic E-state index is 0.403. The molecule has 1 aromatic carbocycles. The first kappa shape index (κ1) is 11.4. The Morgan fingerprint density at radius 2 is 2.06 bits per heavy atom. The maximum absolute atomic E-state index is 6.03.